The van der Waals surface area contributed by atoms with E-state index in [4.69, 9.17) is 0 Å². The standard InChI is InChI=1S/C25H30O2/c1-24-13-11-21-20-10-8-19(26)15-18(20)7-9-22(21)23(24)12-14-25(24,27)16-17-5-3-2-4-6-17/h2-6,8,10,15,21-23,26-27H,7,9,11-14,16H2,1H3/t21-,22-,23+,24+,25+/m1/s1. The van der Waals surface area contributed by atoms with E-state index in [2.05, 4.69) is 43.3 Å². The summed E-state index contributed by atoms with van der Waals surface area (Å²) >= 11 is 0. The molecule has 27 heavy (non-hydrogen) atoms. The lowest BCUT2D eigenvalue weighted by Crippen LogP contribution is -2.51. The molecule has 2 N–H and O–H groups in total. The summed E-state index contributed by atoms with van der Waals surface area (Å²) in [6, 6.07) is 16.5. The summed E-state index contributed by atoms with van der Waals surface area (Å²) in [5, 5.41) is 21.6. The van der Waals surface area contributed by atoms with Gasteiger partial charge < -0.3 is 10.2 Å². The lowest BCUT2D eigenvalue weighted by atomic mass is 9.53. The predicted molar refractivity (Wildman–Crippen MR) is 108 cm³/mol. The Balaban J connectivity index is 1.45. The molecule has 0 spiro atoms. The molecule has 142 valence electrons. The predicted octanol–water partition coefficient (Wildman–Crippen LogP) is 5.22. The van der Waals surface area contributed by atoms with Crippen molar-refractivity contribution in [2.45, 2.75) is 63.4 Å². The van der Waals surface area contributed by atoms with E-state index in [1.54, 1.807) is 0 Å². The lowest BCUT2D eigenvalue weighted by Gasteiger charge is -2.53. The topological polar surface area (TPSA) is 40.5 Å². The van der Waals surface area contributed by atoms with Gasteiger partial charge in [-0.25, -0.2) is 0 Å². The number of hydrogen-bond donors (Lipinski definition) is 2. The Morgan fingerprint density at radius 2 is 1.81 bits per heavy atom. The van der Waals surface area contributed by atoms with Crippen molar-refractivity contribution in [2.75, 3.05) is 0 Å². The van der Waals surface area contributed by atoms with Crippen LogP contribution in [-0.2, 0) is 12.8 Å². The molecule has 2 heteroatoms. The Bertz CT molecular complexity index is 845. The summed E-state index contributed by atoms with van der Waals surface area (Å²) in [4.78, 5) is 0. The van der Waals surface area contributed by atoms with Gasteiger partial charge in [0.2, 0.25) is 0 Å². The molecule has 2 fully saturated rings. The lowest BCUT2D eigenvalue weighted by molar-refractivity contribution is -0.102. The minimum absolute atomic E-state index is 0.0123. The number of aromatic hydroxyl groups is 1. The fraction of sp³-hybridized carbons (Fsp3) is 0.520. The molecule has 0 bridgehead atoms. The smallest absolute Gasteiger partial charge is 0.115 e. The van der Waals surface area contributed by atoms with E-state index in [1.807, 2.05) is 12.1 Å². The third-order valence-corrected chi connectivity index (χ3v) is 8.37. The van der Waals surface area contributed by atoms with Gasteiger partial charge in [0.15, 0.2) is 0 Å². The molecule has 0 aliphatic heterocycles. The molecule has 0 amide bonds. The van der Waals surface area contributed by atoms with E-state index in [-0.39, 0.29) is 5.41 Å². The Morgan fingerprint density at radius 1 is 1.00 bits per heavy atom. The maximum Gasteiger partial charge on any atom is 0.115 e. The zero-order valence-corrected chi connectivity index (χ0v) is 16.2. The highest BCUT2D eigenvalue weighted by atomic mass is 16.3. The van der Waals surface area contributed by atoms with Crippen LogP contribution in [0.4, 0.5) is 0 Å². The number of aryl methyl sites for hydroxylation is 1. The van der Waals surface area contributed by atoms with E-state index in [0.29, 0.717) is 23.5 Å². The highest BCUT2D eigenvalue weighted by Gasteiger charge is 2.61. The number of fused-ring (bicyclic) bond motifs is 5. The van der Waals surface area contributed by atoms with E-state index in [0.717, 1.165) is 38.5 Å². The van der Waals surface area contributed by atoms with Gasteiger partial charge in [-0.05, 0) is 90.5 Å². The minimum Gasteiger partial charge on any atom is -0.508 e. The van der Waals surface area contributed by atoms with Crippen LogP contribution < -0.4 is 0 Å². The van der Waals surface area contributed by atoms with Gasteiger partial charge in [0.25, 0.3) is 0 Å². The summed E-state index contributed by atoms with van der Waals surface area (Å²) in [7, 11) is 0. The SMILES string of the molecule is C[C@]12CC[C@@H]3c4ccc(O)cc4CC[C@H]3[C@@H]1CC[C@]2(O)Cc1ccccc1. The minimum atomic E-state index is -0.584. The first-order valence-corrected chi connectivity index (χ1v) is 10.6. The molecular weight excluding hydrogens is 332 g/mol. The zero-order chi connectivity index (χ0) is 18.6. The first-order valence-electron chi connectivity index (χ1n) is 10.6. The summed E-state index contributed by atoms with van der Waals surface area (Å²) < 4.78 is 0. The second-order valence-corrected chi connectivity index (χ2v) is 9.49. The number of aliphatic hydroxyl groups is 1. The van der Waals surface area contributed by atoms with E-state index >= 15 is 0 Å². The quantitative estimate of drug-likeness (QED) is 0.769. The van der Waals surface area contributed by atoms with Crippen LogP contribution in [0.3, 0.4) is 0 Å². The third-order valence-electron chi connectivity index (χ3n) is 8.37. The highest BCUT2D eigenvalue weighted by molar-refractivity contribution is 5.40. The maximum absolute atomic E-state index is 11.8. The number of phenolic OH excluding ortho intramolecular Hbond substituents is 1. The van der Waals surface area contributed by atoms with Gasteiger partial charge in [-0.15, -0.1) is 0 Å². The number of hydrogen-bond acceptors (Lipinski definition) is 2. The van der Waals surface area contributed by atoms with Crippen molar-refractivity contribution in [3.63, 3.8) is 0 Å². The molecule has 2 aromatic rings. The average Bonchev–Trinajstić information content (AvgIpc) is 2.93. The second-order valence-electron chi connectivity index (χ2n) is 9.49. The van der Waals surface area contributed by atoms with E-state index in [9.17, 15) is 10.2 Å². The summed E-state index contributed by atoms with van der Waals surface area (Å²) in [5.74, 6) is 2.27. The van der Waals surface area contributed by atoms with Crippen LogP contribution >= 0.6 is 0 Å². The first kappa shape index (κ1) is 17.3. The van der Waals surface area contributed by atoms with Crippen LogP contribution in [-0.4, -0.2) is 15.8 Å². The van der Waals surface area contributed by atoms with Crippen LogP contribution in [0.25, 0.3) is 0 Å². The van der Waals surface area contributed by atoms with Gasteiger partial charge in [-0.1, -0.05) is 43.3 Å². The van der Waals surface area contributed by atoms with E-state index < -0.39 is 5.60 Å². The molecule has 0 aromatic heterocycles. The molecule has 2 nitrogen and oxygen atoms in total. The van der Waals surface area contributed by atoms with Crippen LogP contribution in [0.15, 0.2) is 48.5 Å². The monoisotopic (exact) mass is 362 g/mol. The number of phenols is 1. The highest BCUT2D eigenvalue weighted by Crippen LogP contribution is 2.64. The molecule has 0 saturated heterocycles. The fourth-order valence-electron chi connectivity index (χ4n) is 6.90. The molecule has 3 aliphatic carbocycles. The van der Waals surface area contributed by atoms with Gasteiger partial charge in [-0.3, -0.25) is 0 Å². The Morgan fingerprint density at radius 3 is 2.63 bits per heavy atom. The van der Waals surface area contributed by atoms with Crippen molar-refractivity contribution in [1.29, 1.82) is 0 Å². The van der Waals surface area contributed by atoms with Gasteiger partial charge >= 0.3 is 0 Å². The molecule has 2 saturated carbocycles. The first-order chi connectivity index (χ1) is 13.0. The second kappa shape index (κ2) is 6.10. The Hall–Kier alpha value is -1.80. The normalized spacial score (nSPS) is 37.3. The third kappa shape index (κ3) is 2.56. The summed E-state index contributed by atoms with van der Waals surface area (Å²) in [5.41, 5.74) is 3.49. The Kier molecular flexibility index (Phi) is 3.91. The van der Waals surface area contributed by atoms with Crippen LogP contribution in [0.2, 0.25) is 0 Å². The number of benzene rings is 2. The molecule has 0 heterocycles. The summed E-state index contributed by atoms with van der Waals surface area (Å²) in [6.45, 7) is 2.37. The molecule has 5 atom stereocenters. The van der Waals surface area contributed by atoms with Crippen molar-refractivity contribution >= 4 is 0 Å². The molecule has 3 aliphatic rings. The van der Waals surface area contributed by atoms with Gasteiger partial charge in [0, 0.05) is 6.42 Å². The fourth-order valence-corrected chi connectivity index (χ4v) is 6.90. The molecule has 2 aromatic carbocycles. The van der Waals surface area contributed by atoms with Crippen molar-refractivity contribution in [1.82, 2.24) is 0 Å². The Labute approximate surface area is 162 Å². The van der Waals surface area contributed by atoms with Gasteiger partial charge in [0.1, 0.15) is 5.75 Å². The van der Waals surface area contributed by atoms with Crippen molar-refractivity contribution < 1.29 is 10.2 Å². The largest absolute Gasteiger partial charge is 0.508 e. The average molecular weight is 363 g/mol. The van der Waals surface area contributed by atoms with Crippen molar-refractivity contribution in [2.24, 2.45) is 17.3 Å². The van der Waals surface area contributed by atoms with Crippen LogP contribution in [0.1, 0.15) is 61.6 Å². The van der Waals surface area contributed by atoms with Crippen molar-refractivity contribution in [3.8, 4) is 5.75 Å². The van der Waals surface area contributed by atoms with E-state index in [1.165, 1.54) is 23.1 Å². The molecule has 0 radical (unpaired) electrons. The summed E-state index contributed by atoms with van der Waals surface area (Å²) in [6.07, 6.45) is 7.37. The van der Waals surface area contributed by atoms with Crippen LogP contribution in [0, 0.1) is 17.3 Å². The zero-order valence-electron chi connectivity index (χ0n) is 16.2. The molecule has 0 unspecified atom stereocenters. The molecular formula is C25H30O2. The van der Waals surface area contributed by atoms with Crippen LogP contribution in [0.5, 0.6) is 5.75 Å². The van der Waals surface area contributed by atoms with Gasteiger partial charge in [-0.2, -0.15) is 0 Å². The molecule has 5 rings (SSSR count). The maximum atomic E-state index is 11.8. The number of rotatable bonds is 2. The van der Waals surface area contributed by atoms with Crippen molar-refractivity contribution in [3.05, 3.63) is 65.2 Å². The van der Waals surface area contributed by atoms with Gasteiger partial charge in [0.05, 0.1) is 5.60 Å².